The van der Waals surface area contributed by atoms with Crippen molar-refractivity contribution in [2.24, 2.45) is 5.92 Å². The topological polar surface area (TPSA) is 117 Å². The summed E-state index contributed by atoms with van der Waals surface area (Å²) in [5.41, 5.74) is -1.12. The summed E-state index contributed by atoms with van der Waals surface area (Å²) in [6.45, 7) is 4.30. The van der Waals surface area contributed by atoms with E-state index in [1.807, 2.05) is 13.8 Å². The number of nitrogens with one attached hydrogen (secondary N) is 2. The highest BCUT2D eigenvalue weighted by molar-refractivity contribution is 4.96. The van der Waals surface area contributed by atoms with Gasteiger partial charge in [0.2, 0.25) is 0 Å². The lowest BCUT2D eigenvalue weighted by molar-refractivity contribution is -0.0470. The van der Waals surface area contributed by atoms with Crippen molar-refractivity contribution in [2.45, 2.75) is 38.3 Å². The highest BCUT2D eigenvalue weighted by Crippen LogP contribution is 2.28. The van der Waals surface area contributed by atoms with E-state index in [0.717, 1.165) is 0 Å². The Morgan fingerprint density at radius 3 is 2.76 bits per heavy atom. The van der Waals surface area contributed by atoms with Crippen LogP contribution in [0.15, 0.2) is 21.9 Å². The molecule has 0 radical (unpaired) electrons. The van der Waals surface area contributed by atoms with Gasteiger partial charge >= 0.3 is 5.69 Å². The fourth-order valence-corrected chi connectivity index (χ4v) is 2.35. The van der Waals surface area contributed by atoms with E-state index in [0.29, 0.717) is 12.5 Å². The zero-order valence-electron chi connectivity index (χ0n) is 12.0. The first kappa shape index (κ1) is 15.9. The van der Waals surface area contributed by atoms with Gasteiger partial charge in [0.25, 0.3) is 5.56 Å². The minimum atomic E-state index is -0.947. The fraction of sp³-hybridized carbons (Fsp3) is 0.692. The second-order valence-corrected chi connectivity index (χ2v) is 5.58. The Morgan fingerprint density at radius 2 is 2.19 bits per heavy atom. The Labute approximate surface area is 121 Å². The van der Waals surface area contributed by atoms with Crippen molar-refractivity contribution in [1.82, 2.24) is 14.9 Å². The third-order valence-corrected chi connectivity index (χ3v) is 3.44. The second kappa shape index (κ2) is 6.52. The van der Waals surface area contributed by atoms with Crippen LogP contribution in [0.5, 0.6) is 0 Å². The van der Waals surface area contributed by atoms with E-state index in [4.69, 9.17) is 4.74 Å². The molecule has 0 bridgehead atoms. The molecule has 2 rings (SSSR count). The van der Waals surface area contributed by atoms with E-state index in [2.05, 4.69) is 10.3 Å². The summed E-state index contributed by atoms with van der Waals surface area (Å²) in [5, 5.41) is 22.6. The number of aromatic nitrogens is 2. The molecule has 1 aromatic heterocycles. The second-order valence-electron chi connectivity index (χ2n) is 5.58. The molecular formula is C13H21N3O5. The SMILES string of the molecule is CC(C)CN[C@@H]1[C@@H](O)[C@@H](CO)O[C@H]1n1ccc(=O)[nH]c1=O. The lowest BCUT2D eigenvalue weighted by atomic mass is 10.1. The van der Waals surface area contributed by atoms with Crippen molar-refractivity contribution in [2.75, 3.05) is 13.2 Å². The molecule has 8 heteroatoms. The van der Waals surface area contributed by atoms with E-state index >= 15 is 0 Å². The number of aromatic amines is 1. The highest BCUT2D eigenvalue weighted by atomic mass is 16.5. The molecule has 1 aliphatic heterocycles. The maximum Gasteiger partial charge on any atom is 0.330 e. The van der Waals surface area contributed by atoms with Gasteiger partial charge in [0.1, 0.15) is 12.2 Å². The van der Waals surface area contributed by atoms with Crippen LogP contribution >= 0.6 is 0 Å². The molecule has 21 heavy (non-hydrogen) atoms. The lowest BCUT2D eigenvalue weighted by Gasteiger charge is -2.23. The van der Waals surface area contributed by atoms with E-state index in [9.17, 15) is 19.8 Å². The first-order chi connectivity index (χ1) is 9.93. The summed E-state index contributed by atoms with van der Waals surface area (Å²) in [6.07, 6.45) is -1.20. The summed E-state index contributed by atoms with van der Waals surface area (Å²) < 4.78 is 6.76. The van der Waals surface area contributed by atoms with Crippen LogP contribution in [0.3, 0.4) is 0 Å². The minimum Gasteiger partial charge on any atom is -0.394 e. The third-order valence-electron chi connectivity index (χ3n) is 3.44. The molecule has 4 N–H and O–H groups in total. The van der Waals surface area contributed by atoms with Gasteiger partial charge in [-0.05, 0) is 12.5 Å². The number of rotatable bonds is 5. The Morgan fingerprint density at radius 1 is 1.48 bits per heavy atom. The fourth-order valence-electron chi connectivity index (χ4n) is 2.35. The molecule has 1 aliphatic rings. The van der Waals surface area contributed by atoms with Crippen LogP contribution in [-0.4, -0.2) is 51.2 Å². The van der Waals surface area contributed by atoms with E-state index < -0.39 is 35.7 Å². The average Bonchev–Trinajstić information content (AvgIpc) is 2.73. The van der Waals surface area contributed by atoms with Gasteiger partial charge in [-0.2, -0.15) is 0 Å². The molecule has 0 saturated carbocycles. The van der Waals surface area contributed by atoms with Gasteiger partial charge in [-0.15, -0.1) is 0 Å². The Bertz CT molecular complexity index is 582. The molecule has 1 saturated heterocycles. The van der Waals surface area contributed by atoms with Crippen LogP contribution in [0.4, 0.5) is 0 Å². The molecule has 4 atom stereocenters. The Hall–Kier alpha value is -1.48. The largest absolute Gasteiger partial charge is 0.394 e. The standard InChI is InChI=1S/C13H21N3O5/c1-7(2)5-14-10-11(19)8(6-17)21-12(10)16-4-3-9(18)15-13(16)20/h3-4,7-8,10-12,14,17,19H,5-6H2,1-2H3,(H,15,18,20)/t8-,10-,11+,12-/m1/s1. The molecule has 1 fully saturated rings. The van der Waals surface area contributed by atoms with E-state index in [1.54, 1.807) is 0 Å². The molecular weight excluding hydrogens is 278 g/mol. The number of ether oxygens (including phenoxy) is 1. The quantitative estimate of drug-likeness (QED) is 0.520. The van der Waals surface area contributed by atoms with Crippen LogP contribution < -0.4 is 16.6 Å². The summed E-state index contributed by atoms with van der Waals surface area (Å²) >= 11 is 0. The third kappa shape index (κ3) is 3.41. The molecule has 1 aromatic rings. The number of nitrogens with zero attached hydrogens (tertiary/aromatic N) is 1. The predicted molar refractivity (Wildman–Crippen MR) is 75.0 cm³/mol. The van der Waals surface area contributed by atoms with Crippen molar-refractivity contribution < 1.29 is 14.9 Å². The zero-order chi connectivity index (χ0) is 15.6. The normalized spacial score (nSPS) is 29.2. The summed E-state index contributed by atoms with van der Waals surface area (Å²) in [5.74, 6) is 0.346. The zero-order valence-corrected chi connectivity index (χ0v) is 12.0. The van der Waals surface area contributed by atoms with Crippen LogP contribution in [-0.2, 0) is 4.74 Å². The van der Waals surface area contributed by atoms with Gasteiger partial charge in [-0.1, -0.05) is 13.8 Å². The Balaban J connectivity index is 2.29. The molecule has 2 heterocycles. The summed E-state index contributed by atoms with van der Waals surface area (Å²) in [4.78, 5) is 25.1. The lowest BCUT2D eigenvalue weighted by Crippen LogP contribution is -2.47. The summed E-state index contributed by atoms with van der Waals surface area (Å²) in [7, 11) is 0. The van der Waals surface area contributed by atoms with Crippen molar-refractivity contribution in [3.05, 3.63) is 33.1 Å². The van der Waals surface area contributed by atoms with Gasteiger partial charge in [0, 0.05) is 12.3 Å². The number of H-pyrrole nitrogens is 1. The highest BCUT2D eigenvalue weighted by Gasteiger charge is 2.44. The van der Waals surface area contributed by atoms with Gasteiger partial charge in [0.15, 0.2) is 6.23 Å². The van der Waals surface area contributed by atoms with Crippen molar-refractivity contribution in [1.29, 1.82) is 0 Å². The molecule has 0 aromatic carbocycles. The smallest absolute Gasteiger partial charge is 0.330 e. The van der Waals surface area contributed by atoms with Gasteiger partial charge in [0.05, 0.1) is 12.6 Å². The van der Waals surface area contributed by atoms with Crippen LogP contribution in [0.1, 0.15) is 20.1 Å². The van der Waals surface area contributed by atoms with Crippen LogP contribution in [0, 0.1) is 5.92 Å². The van der Waals surface area contributed by atoms with Crippen molar-refractivity contribution >= 4 is 0 Å². The van der Waals surface area contributed by atoms with Gasteiger partial charge < -0.3 is 20.3 Å². The van der Waals surface area contributed by atoms with Crippen molar-refractivity contribution in [3.63, 3.8) is 0 Å². The van der Waals surface area contributed by atoms with Gasteiger partial charge in [-0.3, -0.25) is 14.3 Å². The summed E-state index contributed by atoms with van der Waals surface area (Å²) in [6, 6.07) is 0.663. The first-order valence-electron chi connectivity index (χ1n) is 6.93. The number of hydrogen-bond donors (Lipinski definition) is 4. The van der Waals surface area contributed by atoms with E-state index in [-0.39, 0.29) is 6.61 Å². The van der Waals surface area contributed by atoms with Crippen molar-refractivity contribution in [3.8, 4) is 0 Å². The maximum absolute atomic E-state index is 11.9. The van der Waals surface area contributed by atoms with E-state index in [1.165, 1.54) is 16.8 Å². The Kier molecular flexibility index (Phi) is 4.94. The molecule has 0 aliphatic carbocycles. The van der Waals surface area contributed by atoms with Crippen LogP contribution in [0.2, 0.25) is 0 Å². The average molecular weight is 299 g/mol. The number of hydrogen-bond acceptors (Lipinski definition) is 6. The predicted octanol–water partition coefficient (Wildman–Crippen LogP) is -1.60. The van der Waals surface area contributed by atoms with Gasteiger partial charge in [-0.25, -0.2) is 4.79 Å². The number of aliphatic hydroxyl groups is 2. The molecule has 0 amide bonds. The number of aliphatic hydroxyl groups excluding tert-OH is 2. The monoisotopic (exact) mass is 299 g/mol. The van der Waals surface area contributed by atoms with Crippen LogP contribution in [0.25, 0.3) is 0 Å². The minimum absolute atomic E-state index is 0.346. The maximum atomic E-state index is 11.9. The molecule has 0 spiro atoms. The molecule has 8 nitrogen and oxygen atoms in total. The molecule has 118 valence electrons. The first-order valence-corrected chi connectivity index (χ1v) is 6.93. The molecule has 0 unspecified atom stereocenters.